The van der Waals surface area contributed by atoms with Crippen molar-refractivity contribution in [2.45, 2.75) is 118 Å². The zero-order chi connectivity index (χ0) is 20.6. The third kappa shape index (κ3) is 10.8. The molecular weight excluding hydrogens is 374 g/mol. The van der Waals surface area contributed by atoms with Crippen LogP contribution in [0.3, 0.4) is 0 Å². The van der Waals surface area contributed by atoms with Gasteiger partial charge in [0.2, 0.25) is 0 Å². The Morgan fingerprint density at radius 2 is 0.679 bits per heavy atom. The van der Waals surface area contributed by atoms with Crippen molar-refractivity contribution >= 4 is 14.5 Å². The maximum Gasteiger partial charge on any atom is 0.0930 e. The van der Waals surface area contributed by atoms with E-state index in [9.17, 15) is 0 Å². The van der Waals surface area contributed by atoms with E-state index in [2.05, 4.69) is 27.7 Å². The van der Waals surface area contributed by atoms with Gasteiger partial charge in [-0.1, -0.05) is 79.1 Å². The van der Waals surface area contributed by atoms with Gasteiger partial charge in [0.25, 0.3) is 0 Å². The van der Waals surface area contributed by atoms with Crippen LogP contribution in [0.2, 0.25) is 0 Å². The Bertz CT molecular complexity index is 310. The smallest absolute Gasteiger partial charge is 0.0654 e. The van der Waals surface area contributed by atoms with Gasteiger partial charge in [0.1, 0.15) is 0 Å². The minimum atomic E-state index is -0.576. The van der Waals surface area contributed by atoms with E-state index in [1.807, 2.05) is 0 Å². The molecule has 0 spiro atoms. The zero-order valence-corrected chi connectivity index (χ0v) is 22.2. The average molecular weight is 431 g/mol. The Labute approximate surface area is 181 Å². The molecule has 2 heteroatoms. The molecule has 1 rings (SSSR count). The summed E-state index contributed by atoms with van der Waals surface area (Å²) < 4.78 is 0. The highest BCUT2D eigenvalue weighted by Crippen LogP contribution is 2.73. The molecule has 1 aliphatic heterocycles. The van der Waals surface area contributed by atoms with Crippen molar-refractivity contribution in [3.05, 3.63) is 0 Å². The Balaban J connectivity index is 2.43. The van der Waals surface area contributed by atoms with Gasteiger partial charge in [-0.2, -0.15) is 0 Å². The molecule has 0 aromatic heterocycles. The van der Waals surface area contributed by atoms with Gasteiger partial charge in [0.05, 0.1) is 49.3 Å². The Kier molecular flexibility index (Phi) is 15.9. The molecule has 1 aliphatic rings. The highest BCUT2D eigenvalue weighted by atomic mass is 31.2. The Hall–Kier alpha value is 0.860. The lowest BCUT2D eigenvalue weighted by Crippen LogP contribution is -2.28. The van der Waals surface area contributed by atoms with Crippen LogP contribution in [0, 0.1) is 0 Å². The van der Waals surface area contributed by atoms with Crippen LogP contribution in [0.1, 0.15) is 118 Å². The zero-order valence-electron chi connectivity index (χ0n) is 20.5. The molecule has 0 atom stereocenters. The first-order valence-electron chi connectivity index (χ1n) is 13.4. The van der Waals surface area contributed by atoms with E-state index in [0.717, 1.165) is 0 Å². The van der Waals surface area contributed by atoms with Crippen LogP contribution in [0.5, 0.6) is 0 Å². The lowest BCUT2D eigenvalue weighted by molar-refractivity contribution is 0.624. The van der Waals surface area contributed by atoms with Crippen molar-refractivity contribution in [1.82, 2.24) is 0 Å². The van der Waals surface area contributed by atoms with E-state index < -0.39 is 14.5 Å². The highest BCUT2D eigenvalue weighted by Gasteiger charge is 2.50. The SMILES string of the molecule is CCCCCCCC[P+]1(CCC)CC[P+](CCC)(CCCCCCCC)CC1. The summed E-state index contributed by atoms with van der Waals surface area (Å²) in [5.74, 6) is 0. The lowest BCUT2D eigenvalue weighted by Gasteiger charge is -2.38. The molecule has 0 bridgehead atoms. The Morgan fingerprint density at radius 1 is 0.357 bits per heavy atom. The third-order valence-electron chi connectivity index (χ3n) is 7.47. The second-order valence-electron chi connectivity index (χ2n) is 10.0. The summed E-state index contributed by atoms with van der Waals surface area (Å²) in [6, 6.07) is 0. The van der Waals surface area contributed by atoms with Gasteiger partial charge < -0.3 is 0 Å². The second-order valence-corrected chi connectivity index (χ2v) is 19.0. The normalized spacial score (nSPS) is 25.3. The molecule has 1 fully saturated rings. The largest absolute Gasteiger partial charge is 0.0930 e. The van der Waals surface area contributed by atoms with E-state index in [4.69, 9.17) is 0 Å². The van der Waals surface area contributed by atoms with Crippen molar-refractivity contribution in [3.63, 3.8) is 0 Å². The van der Waals surface area contributed by atoms with E-state index >= 15 is 0 Å². The molecule has 0 aromatic rings. The molecule has 0 unspecified atom stereocenters. The maximum atomic E-state index is 2.46. The number of unbranched alkanes of at least 4 members (excludes halogenated alkanes) is 10. The molecule has 0 saturated carbocycles. The monoisotopic (exact) mass is 430 g/mol. The standard InChI is InChI=1S/C26H56P2/c1-5-9-11-13-15-17-21-27(19-7-3)23-25-28(20-8-4,26-24-27)22-18-16-14-12-10-6-2/h5-26H2,1-4H3/q+2. The minimum absolute atomic E-state index is 0.576. The maximum absolute atomic E-state index is 2.46. The number of rotatable bonds is 18. The number of hydrogen-bond acceptors (Lipinski definition) is 0. The molecule has 1 saturated heterocycles. The molecular formula is C26H56P2+2. The lowest BCUT2D eigenvalue weighted by atomic mass is 10.1. The van der Waals surface area contributed by atoms with Gasteiger partial charge in [-0.3, -0.25) is 0 Å². The minimum Gasteiger partial charge on any atom is -0.0654 e. The fraction of sp³-hybridized carbons (Fsp3) is 1.00. The van der Waals surface area contributed by atoms with Crippen LogP contribution >= 0.6 is 14.5 Å². The van der Waals surface area contributed by atoms with E-state index in [-0.39, 0.29) is 0 Å². The summed E-state index contributed by atoms with van der Waals surface area (Å²) >= 11 is 0. The molecule has 0 N–H and O–H groups in total. The van der Waals surface area contributed by atoms with Crippen molar-refractivity contribution in [2.24, 2.45) is 0 Å². The van der Waals surface area contributed by atoms with Gasteiger partial charge in [-0.15, -0.1) is 0 Å². The molecule has 0 nitrogen and oxygen atoms in total. The number of hydrogen-bond donors (Lipinski definition) is 0. The second kappa shape index (κ2) is 16.5. The van der Waals surface area contributed by atoms with Crippen molar-refractivity contribution in [1.29, 1.82) is 0 Å². The van der Waals surface area contributed by atoms with E-state index in [0.29, 0.717) is 0 Å². The summed E-state index contributed by atoms with van der Waals surface area (Å²) in [4.78, 5) is 0. The molecule has 0 aromatic carbocycles. The summed E-state index contributed by atoms with van der Waals surface area (Å²) in [5, 5.41) is 0. The first kappa shape index (κ1) is 26.9. The van der Waals surface area contributed by atoms with Gasteiger partial charge in [0, 0.05) is 14.5 Å². The van der Waals surface area contributed by atoms with Crippen LogP contribution < -0.4 is 0 Å². The molecule has 0 aliphatic carbocycles. The first-order valence-corrected chi connectivity index (χ1v) is 18.4. The fourth-order valence-corrected chi connectivity index (χ4v) is 18.8. The van der Waals surface area contributed by atoms with Gasteiger partial charge in [-0.25, -0.2) is 0 Å². The summed E-state index contributed by atoms with van der Waals surface area (Å²) in [5.41, 5.74) is 0. The van der Waals surface area contributed by atoms with Crippen molar-refractivity contribution < 1.29 is 0 Å². The van der Waals surface area contributed by atoms with E-state index in [1.165, 1.54) is 77.0 Å². The van der Waals surface area contributed by atoms with E-state index in [1.54, 1.807) is 62.1 Å². The molecule has 0 radical (unpaired) electrons. The molecule has 168 valence electrons. The van der Waals surface area contributed by atoms with Crippen molar-refractivity contribution in [2.75, 3.05) is 49.3 Å². The van der Waals surface area contributed by atoms with Crippen LogP contribution in [-0.4, -0.2) is 49.3 Å². The Morgan fingerprint density at radius 3 is 1.00 bits per heavy atom. The van der Waals surface area contributed by atoms with Gasteiger partial charge >= 0.3 is 0 Å². The van der Waals surface area contributed by atoms with Crippen LogP contribution in [-0.2, 0) is 0 Å². The van der Waals surface area contributed by atoms with Gasteiger partial charge in [-0.05, 0) is 38.5 Å². The predicted octanol–water partition coefficient (Wildman–Crippen LogP) is 9.58. The molecule has 0 amide bonds. The van der Waals surface area contributed by atoms with Crippen LogP contribution in [0.25, 0.3) is 0 Å². The summed E-state index contributed by atoms with van der Waals surface area (Å²) in [6.45, 7) is 9.59. The third-order valence-corrected chi connectivity index (χ3v) is 18.2. The van der Waals surface area contributed by atoms with Crippen molar-refractivity contribution in [3.8, 4) is 0 Å². The average Bonchev–Trinajstić information content (AvgIpc) is 2.70. The topological polar surface area (TPSA) is 0 Å². The molecule has 1 heterocycles. The fourth-order valence-electron chi connectivity index (χ4n) is 5.59. The first-order chi connectivity index (χ1) is 13.7. The molecule has 28 heavy (non-hydrogen) atoms. The quantitative estimate of drug-likeness (QED) is 0.150. The predicted molar refractivity (Wildman–Crippen MR) is 140 cm³/mol. The van der Waals surface area contributed by atoms with Crippen LogP contribution in [0.4, 0.5) is 0 Å². The summed E-state index contributed by atoms with van der Waals surface area (Å²) in [6.07, 6.45) is 34.2. The van der Waals surface area contributed by atoms with Crippen LogP contribution in [0.15, 0.2) is 0 Å². The summed E-state index contributed by atoms with van der Waals surface area (Å²) in [7, 11) is -1.15. The van der Waals surface area contributed by atoms with Gasteiger partial charge in [0.15, 0.2) is 0 Å². The highest BCUT2D eigenvalue weighted by molar-refractivity contribution is 7.83.